The number of benzene rings is 3. The minimum Gasteiger partial charge on any atom is -0.444 e. The molecule has 0 spiro atoms. The molecule has 3 aromatic rings. The Kier molecular flexibility index (Phi) is 6.03. The third-order valence-electron chi connectivity index (χ3n) is 5.16. The molecule has 4 rings (SSSR count). The molecule has 3 aromatic carbocycles. The van der Waals surface area contributed by atoms with Gasteiger partial charge in [0, 0.05) is 18.2 Å². The number of ketones is 2. The van der Waals surface area contributed by atoms with Gasteiger partial charge in [0.2, 0.25) is 0 Å². The lowest BCUT2D eigenvalue weighted by Gasteiger charge is -2.32. The molecule has 0 bridgehead atoms. The Morgan fingerprint density at radius 2 is 1.42 bits per heavy atom. The first kappa shape index (κ1) is 20.3. The van der Waals surface area contributed by atoms with E-state index in [1.165, 1.54) is 11.1 Å². The Hall–Kier alpha value is -3.99. The van der Waals surface area contributed by atoms with Crippen molar-refractivity contribution in [3.8, 4) is 0 Å². The highest BCUT2D eigenvalue weighted by molar-refractivity contribution is 6.26. The van der Waals surface area contributed by atoms with Crippen LogP contribution in [0, 0.1) is 0 Å². The maximum Gasteiger partial charge on any atom is 0.414 e. The van der Waals surface area contributed by atoms with E-state index in [0.29, 0.717) is 5.56 Å². The molecule has 154 valence electrons. The molecule has 5 nitrogen and oxygen atoms in total. The van der Waals surface area contributed by atoms with Gasteiger partial charge in [-0.3, -0.25) is 14.5 Å². The van der Waals surface area contributed by atoms with E-state index in [0.717, 1.165) is 11.1 Å². The second-order valence-electron chi connectivity index (χ2n) is 7.24. The fourth-order valence-corrected chi connectivity index (χ4v) is 3.54. The summed E-state index contributed by atoms with van der Waals surface area (Å²) < 4.78 is 5.51. The molecule has 1 unspecified atom stereocenters. The summed E-state index contributed by atoms with van der Waals surface area (Å²) >= 11 is 0. The molecule has 0 radical (unpaired) electrons. The molecule has 1 heterocycles. The molecule has 5 heteroatoms. The summed E-state index contributed by atoms with van der Waals surface area (Å²) in [5.74, 6) is -0.701. The fraction of sp³-hybridized carbons (Fsp3) is 0.115. The van der Waals surface area contributed by atoms with Crippen LogP contribution in [0.2, 0.25) is 0 Å². The first-order chi connectivity index (χ1) is 15.1. The van der Waals surface area contributed by atoms with Gasteiger partial charge in [-0.2, -0.15) is 0 Å². The molecule has 0 saturated carbocycles. The van der Waals surface area contributed by atoms with Crippen LogP contribution in [0.15, 0.2) is 103 Å². The van der Waals surface area contributed by atoms with E-state index in [1.54, 1.807) is 30.3 Å². The zero-order chi connectivity index (χ0) is 21.6. The minimum atomic E-state index is -0.608. The van der Waals surface area contributed by atoms with E-state index in [-0.39, 0.29) is 24.4 Å². The van der Waals surface area contributed by atoms with Crippen LogP contribution >= 0.6 is 0 Å². The average Bonchev–Trinajstić information content (AvgIpc) is 2.83. The maximum atomic E-state index is 13.0. The Balaban J connectivity index is 1.65. The lowest BCUT2D eigenvalue weighted by molar-refractivity contribution is -0.117. The average molecular weight is 411 g/mol. The van der Waals surface area contributed by atoms with Crippen molar-refractivity contribution in [2.75, 3.05) is 0 Å². The van der Waals surface area contributed by atoms with Crippen molar-refractivity contribution in [1.82, 2.24) is 4.90 Å². The summed E-state index contributed by atoms with van der Waals surface area (Å²) in [7, 11) is 0. The maximum absolute atomic E-state index is 13.0. The number of amides is 1. The number of carbonyl (C=O) groups is 3. The predicted molar refractivity (Wildman–Crippen MR) is 116 cm³/mol. The normalized spacial score (nSPS) is 15.9. The molecule has 0 saturated heterocycles. The Morgan fingerprint density at radius 1 is 0.839 bits per heavy atom. The van der Waals surface area contributed by atoms with Crippen LogP contribution in [-0.2, 0) is 16.1 Å². The van der Waals surface area contributed by atoms with E-state index >= 15 is 0 Å². The third-order valence-corrected chi connectivity index (χ3v) is 5.16. The van der Waals surface area contributed by atoms with Crippen molar-refractivity contribution >= 4 is 17.7 Å². The Bertz CT molecular complexity index is 1110. The van der Waals surface area contributed by atoms with Gasteiger partial charge in [0.1, 0.15) is 6.61 Å². The Labute approximate surface area is 180 Å². The number of hydrogen-bond donors (Lipinski definition) is 0. The van der Waals surface area contributed by atoms with Crippen LogP contribution in [0.25, 0.3) is 0 Å². The molecule has 1 aliphatic heterocycles. The first-order valence-corrected chi connectivity index (χ1v) is 10.0. The first-order valence-electron chi connectivity index (χ1n) is 10.0. The van der Waals surface area contributed by atoms with Crippen LogP contribution in [-0.4, -0.2) is 22.6 Å². The molecule has 0 fully saturated rings. The molecule has 31 heavy (non-hydrogen) atoms. The van der Waals surface area contributed by atoms with Crippen molar-refractivity contribution in [3.63, 3.8) is 0 Å². The summed E-state index contributed by atoms with van der Waals surface area (Å²) in [6.45, 7) is 0.0986. The fourth-order valence-electron chi connectivity index (χ4n) is 3.54. The summed E-state index contributed by atoms with van der Waals surface area (Å²) in [5, 5.41) is 0. The molecule has 1 atom stereocenters. The number of nitrogens with zero attached hydrogens (tertiary/aromatic N) is 1. The van der Waals surface area contributed by atoms with Gasteiger partial charge in [0.05, 0.1) is 11.6 Å². The third kappa shape index (κ3) is 4.61. The molecule has 0 N–H and O–H groups in total. The minimum absolute atomic E-state index is 0.00879. The topological polar surface area (TPSA) is 63.7 Å². The number of carbonyl (C=O) groups excluding carboxylic acids is 3. The SMILES string of the molecule is O=C1CC(c2ccccc2)N(C(=O)OCc2ccccc2)C=C1C(=O)c1ccccc1. The number of rotatable bonds is 5. The molecule has 0 aliphatic carbocycles. The van der Waals surface area contributed by atoms with E-state index in [4.69, 9.17) is 4.74 Å². The zero-order valence-corrected chi connectivity index (χ0v) is 16.8. The predicted octanol–water partition coefficient (Wildman–Crippen LogP) is 5.11. The van der Waals surface area contributed by atoms with E-state index < -0.39 is 17.9 Å². The highest BCUT2D eigenvalue weighted by Gasteiger charge is 2.36. The standard InChI is InChI=1S/C26H21NO4/c28-24-16-23(20-12-6-2-7-13-20)27(26(30)31-18-19-10-4-1-5-11-19)17-22(24)25(29)21-14-8-3-9-15-21/h1-15,17,23H,16,18H2. The summed E-state index contributed by atoms with van der Waals surface area (Å²) in [4.78, 5) is 40.2. The van der Waals surface area contributed by atoms with Crippen molar-refractivity contribution in [2.24, 2.45) is 0 Å². The van der Waals surface area contributed by atoms with Gasteiger partial charge in [0.25, 0.3) is 0 Å². The van der Waals surface area contributed by atoms with Crippen molar-refractivity contribution < 1.29 is 19.1 Å². The molecule has 0 aromatic heterocycles. The lowest BCUT2D eigenvalue weighted by atomic mass is 9.90. The Morgan fingerprint density at radius 3 is 2.06 bits per heavy atom. The van der Waals surface area contributed by atoms with Crippen molar-refractivity contribution in [2.45, 2.75) is 19.1 Å². The summed E-state index contributed by atoms with van der Waals surface area (Å²) in [5.41, 5.74) is 2.03. The highest BCUT2D eigenvalue weighted by Crippen LogP contribution is 2.32. The molecular formula is C26H21NO4. The smallest absolute Gasteiger partial charge is 0.414 e. The van der Waals surface area contributed by atoms with Gasteiger partial charge >= 0.3 is 6.09 Å². The number of hydrogen-bond acceptors (Lipinski definition) is 4. The van der Waals surface area contributed by atoms with Gasteiger partial charge in [0.15, 0.2) is 11.6 Å². The van der Waals surface area contributed by atoms with Crippen LogP contribution in [0.1, 0.15) is 33.9 Å². The molecule has 1 aliphatic rings. The quantitative estimate of drug-likeness (QED) is 0.433. The van der Waals surface area contributed by atoms with Crippen LogP contribution in [0.4, 0.5) is 4.79 Å². The van der Waals surface area contributed by atoms with Crippen LogP contribution < -0.4 is 0 Å². The van der Waals surface area contributed by atoms with E-state index in [9.17, 15) is 14.4 Å². The zero-order valence-electron chi connectivity index (χ0n) is 16.8. The van der Waals surface area contributed by atoms with E-state index in [2.05, 4.69) is 0 Å². The lowest BCUT2D eigenvalue weighted by Crippen LogP contribution is -2.38. The monoisotopic (exact) mass is 411 g/mol. The molecule has 1 amide bonds. The largest absolute Gasteiger partial charge is 0.444 e. The van der Waals surface area contributed by atoms with Crippen molar-refractivity contribution in [1.29, 1.82) is 0 Å². The summed E-state index contributed by atoms with van der Waals surface area (Å²) in [6, 6.07) is 26.7. The van der Waals surface area contributed by atoms with E-state index in [1.807, 2.05) is 60.7 Å². The second-order valence-corrected chi connectivity index (χ2v) is 7.24. The van der Waals surface area contributed by atoms with Gasteiger partial charge in [-0.25, -0.2) is 4.79 Å². The second kappa shape index (κ2) is 9.22. The summed E-state index contributed by atoms with van der Waals surface area (Å²) in [6.07, 6.45) is 0.740. The van der Waals surface area contributed by atoms with Crippen LogP contribution in [0.3, 0.4) is 0 Å². The van der Waals surface area contributed by atoms with Gasteiger partial charge in [-0.15, -0.1) is 0 Å². The van der Waals surface area contributed by atoms with Crippen LogP contribution in [0.5, 0.6) is 0 Å². The highest BCUT2D eigenvalue weighted by atomic mass is 16.6. The van der Waals surface area contributed by atoms with Gasteiger partial charge in [-0.05, 0) is 11.1 Å². The number of allylic oxidation sites excluding steroid dienone is 1. The van der Waals surface area contributed by atoms with Crippen molar-refractivity contribution in [3.05, 3.63) is 119 Å². The number of ether oxygens (including phenoxy) is 1. The molecular weight excluding hydrogens is 390 g/mol. The van der Waals surface area contributed by atoms with Gasteiger partial charge < -0.3 is 4.74 Å². The van der Waals surface area contributed by atoms with Gasteiger partial charge in [-0.1, -0.05) is 91.0 Å². The number of Topliss-reactive ketones (excluding diaryl/α,β-unsaturated/α-hetero) is 2.